The second kappa shape index (κ2) is 6.32. The molecular weight excluding hydrogens is 276 g/mol. The van der Waals surface area contributed by atoms with Crippen LogP contribution in [-0.2, 0) is 12.1 Å². The minimum absolute atomic E-state index is 0.243. The van der Waals surface area contributed by atoms with Crippen molar-refractivity contribution in [2.45, 2.75) is 12.1 Å². The van der Waals surface area contributed by atoms with Crippen LogP contribution in [0.2, 0.25) is 0 Å². The van der Waals surface area contributed by atoms with Gasteiger partial charge >= 0.3 is 0 Å². The molecule has 1 unspecified atom stereocenters. The lowest BCUT2D eigenvalue weighted by Gasteiger charge is -2.23. The highest BCUT2D eigenvalue weighted by atomic mass is 16.3. The number of nitrogens with zero attached hydrogens (tertiary/aromatic N) is 4. The van der Waals surface area contributed by atoms with Gasteiger partial charge in [0.05, 0.1) is 12.2 Å². The second-order valence-corrected chi connectivity index (χ2v) is 4.98. The fourth-order valence-corrected chi connectivity index (χ4v) is 2.20. The van der Waals surface area contributed by atoms with Crippen molar-refractivity contribution in [3.63, 3.8) is 0 Å². The molecule has 22 heavy (non-hydrogen) atoms. The number of pyridine rings is 1. The molecule has 0 amide bonds. The molecule has 110 valence electrons. The average molecular weight is 292 g/mol. The predicted molar refractivity (Wildman–Crippen MR) is 83.6 cm³/mol. The van der Waals surface area contributed by atoms with E-state index in [9.17, 15) is 5.11 Å². The van der Waals surface area contributed by atoms with Crippen LogP contribution in [0.15, 0.2) is 73.5 Å². The van der Waals surface area contributed by atoms with E-state index in [4.69, 9.17) is 0 Å². The molecule has 3 rings (SSSR count). The van der Waals surface area contributed by atoms with Gasteiger partial charge in [-0.25, -0.2) is 9.67 Å². The van der Waals surface area contributed by atoms with Crippen LogP contribution in [0.4, 0.5) is 0 Å². The molecule has 1 N–H and O–H groups in total. The monoisotopic (exact) mass is 292 g/mol. The Balaban J connectivity index is 1.94. The van der Waals surface area contributed by atoms with Gasteiger partial charge in [-0.15, -0.1) is 0 Å². The van der Waals surface area contributed by atoms with Crippen molar-refractivity contribution < 1.29 is 5.11 Å². The molecule has 3 aromatic rings. The highest BCUT2D eigenvalue weighted by Crippen LogP contribution is 2.24. The van der Waals surface area contributed by atoms with Gasteiger partial charge in [0.25, 0.3) is 0 Å². The van der Waals surface area contributed by atoms with Crippen LogP contribution in [0.25, 0.3) is 6.08 Å². The van der Waals surface area contributed by atoms with Crippen molar-refractivity contribution in [1.82, 2.24) is 19.7 Å². The normalized spacial score (nSPS) is 14.0. The second-order valence-electron chi connectivity index (χ2n) is 4.98. The lowest BCUT2D eigenvalue weighted by atomic mass is 9.97. The molecule has 0 fully saturated rings. The molecule has 1 aromatic carbocycles. The quantitative estimate of drug-likeness (QED) is 0.783. The summed E-state index contributed by atoms with van der Waals surface area (Å²) in [7, 11) is 0. The molecule has 0 saturated carbocycles. The van der Waals surface area contributed by atoms with Gasteiger partial charge < -0.3 is 5.11 Å². The van der Waals surface area contributed by atoms with Crippen LogP contribution in [0.1, 0.15) is 11.3 Å². The first-order valence-electron chi connectivity index (χ1n) is 6.97. The maximum Gasteiger partial charge on any atom is 0.144 e. The fraction of sp³-hybridized carbons (Fsp3) is 0.118. The molecule has 0 spiro atoms. The zero-order valence-electron chi connectivity index (χ0n) is 11.9. The number of rotatable bonds is 5. The summed E-state index contributed by atoms with van der Waals surface area (Å²) >= 11 is 0. The summed E-state index contributed by atoms with van der Waals surface area (Å²) in [6.45, 7) is 0.243. The number of hydrogen-bond acceptors (Lipinski definition) is 4. The number of aromatic nitrogens is 4. The van der Waals surface area contributed by atoms with Crippen LogP contribution >= 0.6 is 0 Å². The molecule has 5 heteroatoms. The van der Waals surface area contributed by atoms with Crippen LogP contribution < -0.4 is 0 Å². The molecule has 2 aromatic heterocycles. The Labute approximate surface area is 128 Å². The summed E-state index contributed by atoms with van der Waals surface area (Å²) < 4.78 is 1.59. The van der Waals surface area contributed by atoms with Crippen LogP contribution in [0, 0.1) is 0 Å². The van der Waals surface area contributed by atoms with E-state index in [0.717, 1.165) is 5.56 Å². The van der Waals surface area contributed by atoms with E-state index in [2.05, 4.69) is 15.1 Å². The SMILES string of the molecule is OC(/C=C/c1ccccc1)(Cn1cncn1)c1ccccn1. The molecule has 1 atom stereocenters. The van der Waals surface area contributed by atoms with E-state index in [-0.39, 0.29) is 6.54 Å². The fourth-order valence-electron chi connectivity index (χ4n) is 2.20. The molecule has 0 aliphatic carbocycles. The highest BCUT2D eigenvalue weighted by Gasteiger charge is 2.28. The molecule has 0 bridgehead atoms. The minimum atomic E-state index is -1.26. The van der Waals surface area contributed by atoms with E-state index in [0.29, 0.717) is 5.69 Å². The summed E-state index contributed by atoms with van der Waals surface area (Å²) in [5.74, 6) is 0. The highest BCUT2D eigenvalue weighted by molar-refractivity contribution is 5.50. The summed E-state index contributed by atoms with van der Waals surface area (Å²) in [5, 5.41) is 15.1. The number of aliphatic hydroxyl groups is 1. The van der Waals surface area contributed by atoms with Crippen molar-refractivity contribution >= 4 is 6.08 Å². The summed E-state index contributed by atoms with van der Waals surface area (Å²) in [5.41, 5.74) is 0.318. The maximum atomic E-state index is 11.1. The largest absolute Gasteiger partial charge is 0.377 e. The van der Waals surface area contributed by atoms with Gasteiger partial charge in [-0.3, -0.25) is 4.98 Å². The molecule has 0 radical (unpaired) electrons. The van der Waals surface area contributed by atoms with Crippen molar-refractivity contribution in [3.05, 3.63) is 84.7 Å². The van der Waals surface area contributed by atoms with E-state index < -0.39 is 5.60 Å². The van der Waals surface area contributed by atoms with Crippen molar-refractivity contribution in [2.75, 3.05) is 0 Å². The third-order valence-corrected chi connectivity index (χ3v) is 3.33. The molecule has 0 aliphatic rings. The van der Waals surface area contributed by atoms with Gasteiger partial charge in [0.15, 0.2) is 0 Å². The zero-order chi connectivity index (χ0) is 15.3. The van der Waals surface area contributed by atoms with Crippen LogP contribution in [-0.4, -0.2) is 24.9 Å². The van der Waals surface area contributed by atoms with E-state index in [1.807, 2.05) is 48.5 Å². The summed E-state index contributed by atoms with van der Waals surface area (Å²) in [6.07, 6.45) is 8.31. The Kier molecular flexibility index (Phi) is 4.07. The van der Waals surface area contributed by atoms with Gasteiger partial charge in [-0.1, -0.05) is 42.5 Å². The van der Waals surface area contributed by atoms with Crippen LogP contribution in [0.3, 0.4) is 0 Å². The Morgan fingerprint density at radius 3 is 2.59 bits per heavy atom. The van der Waals surface area contributed by atoms with Crippen LogP contribution in [0.5, 0.6) is 0 Å². The first kappa shape index (κ1) is 14.2. The summed E-state index contributed by atoms with van der Waals surface area (Å²) in [4.78, 5) is 8.20. The Morgan fingerprint density at radius 2 is 1.91 bits per heavy atom. The molecule has 5 nitrogen and oxygen atoms in total. The first-order valence-corrected chi connectivity index (χ1v) is 6.97. The zero-order valence-corrected chi connectivity index (χ0v) is 11.9. The molecule has 0 saturated heterocycles. The standard InChI is InChI=1S/C17H16N4O/c22-17(12-21-14-18-13-20-21,16-8-4-5-11-19-16)10-9-15-6-2-1-3-7-15/h1-11,13-14,22H,12H2/b10-9+. The number of benzene rings is 1. The molecular formula is C17H16N4O. The predicted octanol–water partition coefficient (Wildman–Crippen LogP) is 2.27. The van der Waals surface area contributed by atoms with E-state index in [1.54, 1.807) is 29.3 Å². The average Bonchev–Trinajstić information content (AvgIpc) is 3.08. The van der Waals surface area contributed by atoms with Gasteiger partial charge in [-0.2, -0.15) is 5.10 Å². The minimum Gasteiger partial charge on any atom is -0.377 e. The lowest BCUT2D eigenvalue weighted by Crippen LogP contribution is -2.30. The third-order valence-electron chi connectivity index (χ3n) is 3.33. The van der Waals surface area contributed by atoms with Gasteiger partial charge in [0.2, 0.25) is 0 Å². The molecule has 0 aliphatic heterocycles. The maximum absolute atomic E-state index is 11.1. The topological polar surface area (TPSA) is 63.8 Å². The lowest BCUT2D eigenvalue weighted by molar-refractivity contribution is 0.0619. The van der Waals surface area contributed by atoms with Crippen molar-refractivity contribution in [3.8, 4) is 0 Å². The first-order chi connectivity index (χ1) is 10.8. The Bertz CT molecular complexity index is 726. The smallest absolute Gasteiger partial charge is 0.144 e. The van der Waals surface area contributed by atoms with Crippen molar-refractivity contribution in [2.24, 2.45) is 0 Å². The van der Waals surface area contributed by atoms with Crippen molar-refractivity contribution in [1.29, 1.82) is 0 Å². The van der Waals surface area contributed by atoms with E-state index >= 15 is 0 Å². The van der Waals surface area contributed by atoms with E-state index in [1.165, 1.54) is 6.33 Å². The van der Waals surface area contributed by atoms with Gasteiger partial charge in [0, 0.05) is 6.20 Å². The summed E-state index contributed by atoms with van der Waals surface area (Å²) in [6, 6.07) is 15.3. The molecule has 2 heterocycles. The Morgan fingerprint density at radius 1 is 1.09 bits per heavy atom. The van der Waals surface area contributed by atoms with Gasteiger partial charge in [-0.05, 0) is 23.8 Å². The number of hydrogen-bond donors (Lipinski definition) is 1. The third kappa shape index (κ3) is 3.27. The van der Waals surface area contributed by atoms with Gasteiger partial charge in [0.1, 0.15) is 18.3 Å². The Hall–Kier alpha value is -2.79.